The van der Waals surface area contributed by atoms with Crippen LogP contribution >= 0.6 is 23.2 Å². The smallest absolute Gasteiger partial charge is 0.264 e. The van der Waals surface area contributed by atoms with E-state index in [4.69, 9.17) is 23.2 Å². The van der Waals surface area contributed by atoms with Crippen LogP contribution in [-0.4, -0.2) is 44.3 Å². The molecule has 0 saturated carbocycles. The van der Waals surface area contributed by atoms with Gasteiger partial charge in [-0.25, -0.2) is 8.42 Å². The van der Waals surface area contributed by atoms with Crippen molar-refractivity contribution in [2.24, 2.45) is 0 Å². The Balaban J connectivity index is 1.83. The molecule has 0 spiro atoms. The lowest BCUT2D eigenvalue weighted by atomic mass is 10.0. The second-order valence-electron chi connectivity index (χ2n) is 10.5. The number of carbonyl (C=O) groups is 2. The first-order valence-corrected chi connectivity index (χ1v) is 16.4. The third-order valence-corrected chi connectivity index (χ3v) is 9.45. The van der Waals surface area contributed by atoms with Gasteiger partial charge >= 0.3 is 0 Å². The van der Waals surface area contributed by atoms with E-state index < -0.39 is 28.5 Å². The van der Waals surface area contributed by atoms with Gasteiger partial charge in [0.2, 0.25) is 11.8 Å². The minimum Gasteiger partial charge on any atom is -0.355 e. The molecule has 10 heteroatoms. The highest BCUT2D eigenvalue weighted by atomic mass is 35.5. The first kappa shape index (κ1) is 33.1. The van der Waals surface area contributed by atoms with Crippen molar-refractivity contribution in [3.05, 3.63) is 129 Å². The van der Waals surface area contributed by atoms with Crippen molar-refractivity contribution < 1.29 is 18.0 Å². The Bertz CT molecular complexity index is 1710. The van der Waals surface area contributed by atoms with Gasteiger partial charge < -0.3 is 10.2 Å². The molecule has 0 aliphatic carbocycles. The van der Waals surface area contributed by atoms with Crippen LogP contribution in [0.5, 0.6) is 0 Å². The number of sulfonamides is 1. The van der Waals surface area contributed by atoms with Gasteiger partial charge in [-0.2, -0.15) is 0 Å². The van der Waals surface area contributed by atoms with Crippen LogP contribution in [0.2, 0.25) is 10.0 Å². The minimum absolute atomic E-state index is 0.0123. The molecule has 44 heavy (non-hydrogen) atoms. The topological polar surface area (TPSA) is 86.8 Å². The zero-order valence-corrected chi connectivity index (χ0v) is 27.2. The van der Waals surface area contributed by atoms with Crippen LogP contribution in [0.4, 0.5) is 5.69 Å². The molecular weight excluding hydrogens is 617 g/mol. The SMILES string of the molecule is CCNC(=O)[C@@H](Cc1ccccc1)N(Cc1cccc(C)c1)C(=O)CN(c1cc(Cl)ccc1Cl)S(=O)(=O)c1ccc(C)cc1. The number of carbonyl (C=O) groups excluding carboxylic acids is 2. The fourth-order valence-corrected chi connectivity index (χ4v) is 6.74. The number of hydrogen-bond donors (Lipinski definition) is 1. The number of aryl methyl sites for hydroxylation is 2. The van der Waals surface area contributed by atoms with E-state index in [2.05, 4.69) is 5.32 Å². The minimum atomic E-state index is -4.29. The fourth-order valence-electron chi connectivity index (χ4n) is 4.88. The second kappa shape index (κ2) is 14.8. The van der Waals surface area contributed by atoms with Gasteiger partial charge in [0.15, 0.2) is 0 Å². The van der Waals surface area contributed by atoms with Crippen LogP contribution in [0.1, 0.15) is 29.2 Å². The molecule has 0 radical (unpaired) electrons. The first-order valence-electron chi connectivity index (χ1n) is 14.2. The molecule has 230 valence electrons. The van der Waals surface area contributed by atoms with E-state index in [1.54, 1.807) is 25.1 Å². The second-order valence-corrected chi connectivity index (χ2v) is 13.2. The maximum absolute atomic E-state index is 14.4. The van der Waals surface area contributed by atoms with Gasteiger partial charge in [-0.3, -0.25) is 13.9 Å². The van der Waals surface area contributed by atoms with Gasteiger partial charge in [-0.05, 0) is 62.2 Å². The number of anilines is 1. The summed E-state index contributed by atoms with van der Waals surface area (Å²) in [5, 5.41) is 3.21. The Morgan fingerprint density at radius 1 is 0.818 bits per heavy atom. The molecule has 0 aliphatic rings. The zero-order chi connectivity index (χ0) is 31.9. The van der Waals surface area contributed by atoms with Gasteiger partial charge in [0, 0.05) is 24.5 Å². The monoisotopic (exact) mass is 651 g/mol. The van der Waals surface area contributed by atoms with E-state index >= 15 is 0 Å². The molecular formula is C34H35Cl2N3O4S. The molecule has 0 unspecified atom stereocenters. The summed E-state index contributed by atoms with van der Waals surface area (Å²) < 4.78 is 29.2. The Morgan fingerprint density at radius 3 is 2.16 bits per heavy atom. The molecule has 0 fully saturated rings. The summed E-state index contributed by atoms with van der Waals surface area (Å²) in [6.45, 7) is 5.42. The Hall–Kier alpha value is -3.85. The van der Waals surface area contributed by atoms with Crippen molar-refractivity contribution >= 4 is 50.7 Å². The molecule has 0 saturated heterocycles. The highest BCUT2D eigenvalue weighted by molar-refractivity contribution is 7.92. The molecule has 1 atom stereocenters. The highest BCUT2D eigenvalue weighted by Gasteiger charge is 2.35. The number of hydrogen-bond acceptors (Lipinski definition) is 4. The summed E-state index contributed by atoms with van der Waals surface area (Å²) in [5.41, 5.74) is 3.58. The average molecular weight is 653 g/mol. The lowest BCUT2D eigenvalue weighted by molar-refractivity contribution is -0.140. The third-order valence-electron chi connectivity index (χ3n) is 7.12. The quantitative estimate of drug-likeness (QED) is 0.187. The standard InChI is InChI=1S/C34H35Cl2N3O4S/c1-4-37-34(41)32(20-26-10-6-5-7-11-26)38(22-27-12-8-9-25(3)19-27)33(40)23-39(31-21-28(35)15-18-30(31)36)44(42,43)29-16-13-24(2)14-17-29/h5-19,21,32H,4,20,22-23H2,1-3H3,(H,37,41)/t32-/m1/s1. The van der Waals surface area contributed by atoms with Crippen molar-refractivity contribution in [2.75, 3.05) is 17.4 Å². The average Bonchev–Trinajstić information content (AvgIpc) is 2.99. The van der Waals surface area contributed by atoms with E-state index in [1.165, 1.54) is 29.2 Å². The van der Waals surface area contributed by atoms with Crippen molar-refractivity contribution in [2.45, 2.75) is 44.7 Å². The molecule has 4 rings (SSSR count). The summed E-state index contributed by atoms with van der Waals surface area (Å²) in [6, 6.07) is 26.9. The summed E-state index contributed by atoms with van der Waals surface area (Å²) in [5.74, 6) is -0.920. The lowest BCUT2D eigenvalue weighted by Crippen LogP contribution is -2.53. The molecule has 0 aromatic heterocycles. The van der Waals surface area contributed by atoms with Crippen LogP contribution in [0, 0.1) is 13.8 Å². The summed E-state index contributed by atoms with van der Waals surface area (Å²) in [7, 11) is -4.29. The number of amides is 2. The van der Waals surface area contributed by atoms with Crippen LogP contribution < -0.4 is 9.62 Å². The Morgan fingerprint density at radius 2 is 1.50 bits per heavy atom. The largest absolute Gasteiger partial charge is 0.355 e. The molecule has 4 aromatic carbocycles. The lowest BCUT2D eigenvalue weighted by Gasteiger charge is -2.34. The Labute approximate surface area is 269 Å². The Kier molecular flexibility index (Phi) is 11.1. The van der Waals surface area contributed by atoms with E-state index in [9.17, 15) is 18.0 Å². The molecule has 0 aliphatic heterocycles. The fraction of sp³-hybridized carbons (Fsp3) is 0.235. The van der Waals surface area contributed by atoms with Crippen molar-refractivity contribution in [3.8, 4) is 0 Å². The van der Waals surface area contributed by atoms with Crippen molar-refractivity contribution in [1.29, 1.82) is 0 Å². The van der Waals surface area contributed by atoms with Crippen LogP contribution in [0.3, 0.4) is 0 Å². The third kappa shape index (κ3) is 8.20. The predicted molar refractivity (Wildman–Crippen MR) is 177 cm³/mol. The molecule has 7 nitrogen and oxygen atoms in total. The molecule has 1 N–H and O–H groups in total. The van der Waals surface area contributed by atoms with Crippen LogP contribution in [0.15, 0.2) is 102 Å². The van der Waals surface area contributed by atoms with Gasteiger partial charge in [0.25, 0.3) is 10.0 Å². The molecule has 0 heterocycles. The number of nitrogens with one attached hydrogen (secondary N) is 1. The van der Waals surface area contributed by atoms with Gasteiger partial charge in [-0.15, -0.1) is 0 Å². The van der Waals surface area contributed by atoms with Gasteiger partial charge in [0.05, 0.1) is 15.6 Å². The van der Waals surface area contributed by atoms with Crippen molar-refractivity contribution in [1.82, 2.24) is 10.2 Å². The highest BCUT2D eigenvalue weighted by Crippen LogP contribution is 2.33. The maximum Gasteiger partial charge on any atom is 0.264 e. The zero-order valence-electron chi connectivity index (χ0n) is 24.8. The maximum atomic E-state index is 14.4. The van der Waals surface area contributed by atoms with E-state index in [0.717, 1.165) is 26.6 Å². The van der Waals surface area contributed by atoms with Gasteiger partial charge in [-0.1, -0.05) is 101 Å². The molecule has 4 aromatic rings. The number of likely N-dealkylation sites (N-methyl/N-ethyl adjacent to an activating group) is 1. The van der Waals surface area contributed by atoms with E-state index in [1.807, 2.05) is 68.4 Å². The molecule has 2 amide bonds. The van der Waals surface area contributed by atoms with Crippen molar-refractivity contribution in [3.63, 3.8) is 0 Å². The van der Waals surface area contributed by atoms with E-state index in [0.29, 0.717) is 6.54 Å². The molecule has 0 bridgehead atoms. The number of halogens is 2. The van der Waals surface area contributed by atoms with Crippen LogP contribution in [0.25, 0.3) is 0 Å². The predicted octanol–water partition coefficient (Wildman–Crippen LogP) is 6.58. The summed E-state index contributed by atoms with van der Waals surface area (Å²) in [6.07, 6.45) is 0.229. The number of nitrogens with zero attached hydrogens (tertiary/aromatic N) is 2. The number of benzene rings is 4. The van der Waals surface area contributed by atoms with Crippen LogP contribution in [-0.2, 0) is 32.6 Å². The summed E-state index contributed by atoms with van der Waals surface area (Å²) in [4.78, 5) is 29.5. The van der Waals surface area contributed by atoms with Gasteiger partial charge in [0.1, 0.15) is 12.6 Å². The number of rotatable bonds is 12. The van der Waals surface area contributed by atoms with E-state index in [-0.39, 0.29) is 39.5 Å². The first-order chi connectivity index (χ1) is 21.0. The summed E-state index contributed by atoms with van der Waals surface area (Å²) >= 11 is 12.8. The normalized spacial score (nSPS) is 11.9.